The number of carbonyl (C=O) groups excluding carboxylic acids is 1. The maximum atomic E-state index is 13.1. The minimum Gasteiger partial charge on any atom is -0.378 e. The van der Waals surface area contributed by atoms with Crippen LogP contribution in [-0.4, -0.2) is 77.1 Å². The van der Waals surface area contributed by atoms with Crippen molar-refractivity contribution < 1.29 is 17.9 Å². The number of rotatable bonds is 8. The Hall–Kier alpha value is -2.73. The Bertz CT molecular complexity index is 1200. The minimum absolute atomic E-state index is 0.0854. The average molecular weight is 490 g/mol. The van der Waals surface area contributed by atoms with E-state index in [1.54, 1.807) is 23.5 Å². The van der Waals surface area contributed by atoms with E-state index < -0.39 is 10.0 Å². The largest absolute Gasteiger partial charge is 0.378 e. The Labute approximate surface area is 197 Å². The van der Waals surface area contributed by atoms with Crippen molar-refractivity contribution in [3.8, 4) is 0 Å². The highest BCUT2D eigenvalue weighted by Gasteiger charge is 2.24. The van der Waals surface area contributed by atoms with Crippen LogP contribution in [-0.2, 0) is 14.8 Å². The van der Waals surface area contributed by atoms with E-state index in [-0.39, 0.29) is 10.8 Å². The van der Waals surface area contributed by atoms with Crippen LogP contribution in [0.25, 0.3) is 10.2 Å². The Kier molecular flexibility index (Phi) is 7.13. The number of hydrogen-bond acceptors (Lipinski definition) is 8. The summed E-state index contributed by atoms with van der Waals surface area (Å²) >= 11 is 1.56. The highest BCUT2D eigenvalue weighted by atomic mass is 32.2. The van der Waals surface area contributed by atoms with Crippen molar-refractivity contribution in [1.29, 1.82) is 0 Å². The Morgan fingerprint density at radius 1 is 1.15 bits per heavy atom. The van der Waals surface area contributed by atoms with Gasteiger partial charge in [0.05, 0.1) is 33.9 Å². The summed E-state index contributed by atoms with van der Waals surface area (Å²) in [5.74, 6) is -0.321. The first-order valence-corrected chi connectivity index (χ1v) is 12.9. The van der Waals surface area contributed by atoms with Crippen molar-refractivity contribution in [2.45, 2.75) is 4.90 Å². The SMILES string of the molecule is CN(C)S(=O)(=O)c1ccc(N2CCOCC2)c(C(=O)NCCNc2nc3ccccc3s2)c1. The van der Waals surface area contributed by atoms with E-state index >= 15 is 0 Å². The lowest BCUT2D eigenvalue weighted by molar-refractivity contribution is 0.0953. The maximum absolute atomic E-state index is 13.1. The molecule has 176 valence electrons. The van der Waals surface area contributed by atoms with Crippen LogP contribution in [0.2, 0.25) is 0 Å². The molecular formula is C22H27N5O4S2. The van der Waals surface area contributed by atoms with Gasteiger partial charge in [-0.1, -0.05) is 23.5 Å². The fraction of sp³-hybridized carbons (Fsp3) is 0.364. The number of benzene rings is 2. The zero-order valence-electron chi connectivity index (χ0n) is 18.6. The lowest BCUT2D eigenvalue weighted by atomic mass is 10.1. The zero-order chi connectivity index (χ0) is 23.4. The number of para-hydroxylation sites is 1. The zero-order valence-corrected chi connectivity index (χ0v) is 20.2. The van der Waals surface area contributed by atoms with Gasteiger partial charge in [0.1, 0.15) is 0 Å². The average Bonchev–Trinajstić information content (AvgIpc) is 3.24. The fourth-order valence-electron chi connectivity index (χ4n) is 3.54. The van der Waals surface area contributed by atoms with Crippen LogP contribution in [0.5, 0.6) is 0 Å². The predicted octanol–water partition coefficient (Wildman–Crippen LogP) is 2.23. The summed E-state index contributed by atoms with van der Waals surface area (Å²) in [6, 6.07) is 12.6. The number of carbonyl (C=O) groups is 1. The summed E-state index contributed by atoms with van der Waals surface area (Å²) < 4.78 is 32.9. The van der Waals surface area contributed by atoms with E-state index in [4.69, 9.17) is 4.74 Å². The first-order valence-electron chi connectivity index (χ1n) is 10.6. The van der Waals surface area contributed by atoms with Gasteiger partial charge < -0.3 is 20.3 Å². The molecule has 0 bridgehead atoms. The molecule has 1 saturated heterocycles. The molecule has 0 saturated carbocycles. The number of anilines is 2. The Morgan fingerprint density at radius 3 is 2.64 bits per heavy atom. The normalized spacial score (nSPS) is 14.6. The molecule has 3 aromatic rings. The number of fused-ring (bicyclic) bond motifs is 1. The number of hydrogen-bond donors (Lipinski definition) is 2. The number of thiazole rings is 1. The minimum atomic E-state index is -3.66. The standard InChI is InChI=1S/C22H27N5O4S2/c1-26(2)33(29,30)16-7-8-19(27-11-13-31-14-12-27)17(15-16)21(28)23-9-10-24-22-25-18-5-3-4-6-20(18)32-22/h3-8,15H,9-14H2,1-2H3,(H,23,28)(H,24,25). The first kappa shape index (κ1) is 23.4. The van der Waals surface area contributed by atoms with E-state index in [1.807, 2.05) is 29.2 Å². The summed E-state index contributed by atoms with van der Waals surface area (Å²) in [5, 5.41) is 6.92. The molecule has 0 aliphatic carbocycles. The van der Waals surface area contributed by atoms with Crippen LogP contribution in [0.3, 0.4) is 0 Å². The van der Waals surface area contributed by atoms with Gasteiger partial charge in [-0.05, 0) is 30.3 Å². The summed E-state index contributed by atoms with van der Waals surface area (Å²) in [5.41, 5.74) is 1.97. The van der Waals surface area contributed by atoms with Gasteiger partial charge in [0, 0.05) is 46.0 Å². The van der Waals surface area contributed by atoms with Crippen LogP contribution in [0.4, 0.5) is 10.8 Å². The molecule has 1 amide bonds. The fourth-order valence-corrected chi connectivity index (χ4v) is 5.36. The van der Waals surface area contributed by atoms with Crippen LogP contribution in [0, 0.1) is 0 Å². The lowest BCUT2D eigenvalue weighted by Gasteiger charge is -2.30. The van der Waals surface area contributed by atoms with Crippen molar-refractivity contribution in [2.24, 2.45) is 0 Å². The van der Waals surface area contributed by atoms with Crippen molar-refractivity contribution in [1.82, 2.24) is 14.6 Å². The second kappa shape index (κ2) is 10.0. The van der Waals surface area contributed by atoms with E-state index in [2.05, 4.69) is 15.6 Å². The molecule has 1 aromatic heterocycles. The molecule has 1 fully saturated rings. The van der Waals surface area contributed by atoms with E-state index in [9.17, 15) is 13.2 Å². The first-order chi connectivity index (χ1) is 15.9. The molecule has 0 unspecified atom stereocenters. The molecular weight excluding hydrogens is 462 g/mol. The molecule has 2 aromatic carbocycles. The topological polar surface area (TPSA) is 104 Å². The smallest absolute Gasteiger partial charge is 0.253 e. The van der Waals surface area contributed by atoms with Gasteiger partial charge in [0.25, 0.3) is 5.91 Å². The number of ether oxygens (including phenoxy) is 1. The number of morpholine rings is 1. The number of amides is 1. The highest BCUT2D eigenvalue weighted by molar-refractivity contribution is 7.89. The van der Waals surface area contributed by atoms with Crippen LogP contribution >= 0.6 is 11.3 Å². The van der Waals surface area contributed by atoms with Crippen LogP contribution in [0.1, 0.15) is 10.4 Å². The van der Waals surface area contributed by atoms with Crippen molar-refractivity contribution in [3.63, 3.8) is 0 Å². The molecule has 9 nitrogen and oxygen atoms in total. The van der Waals surface area contributed by atoms with E-state index in [0.717, 1.165) is 19.7 Å². The third-order valence-corrected chi connectivity index (χ3v) is 8.13. The number of aromatic nitrogens is 1. The van der Waals surface area contributed by atoms with Gasteiger partial charge >= 0.3 is 0 Å². The second-order valence-electron chi connectivity index (χ2n) is 7.74. The third-order valence-electron chi connectivity index (χ3n) is 5.32. The molecule has 11 heteroatoms. The van der Waals surface area contributed by atoms with Gasteiger partial charge in [0.15, 0.2) is 5.13 Å². The third kappa shape index (κ3) is 5.27. The molecule has 0 spiro atoms. The molecule has 4 rings (SSSR count). The molecule has 1 aliphatic rings. The summed E-state index contributed by atoms with van der Waals surface area (Å²) in [6.07, 6.45) is 0. The van der Waals surface area contributed by atoms with Gasteiger partial charge in [-0.3, -0.25) is 4.79 Å². The molecule has 0 atom stereocenters. The molecule has 2 heterocycles. The summed E-state index contributed by atoms with van der Waals surface area (Å²) in [7, 11) is -0.722. The van der Waals surface area contributed by atoms with Gasteiger partial charge in [0.2, 0.25) is 10.0 Å². The Morgan fingerprint density at radius 2 is 1.91 bits per heavy atom. The lowest BCUT2D eigenvalue weighted by Crippen LogP contribution is -2.38. The summed E-state index contributed by atoms with van der Waals surface area (Å²) in [6.45, 7) is 3.25. The molecule has 33 heavy (non-hydrogen) atoms. The van der Waals surface area contributed by atoms with E-state index in [1.165, 1.54) is 20.2 Å². The van der Waals surface area contributed by atoms with Crippen LogP contribution < -0.4 is 15.5 Å². The van der Waals surface area contributed by atoms with Crippen molar-refractivity contribution >= 4 is 48.3 Å². The van der Waals surface area contributed by atoms with Gasteiger partial charge in [-0.2, -0.15) is 0 Å². The monoisotopic (exact) mass is 489 g/mol. The van der Waals surface area contributed by atoms with E-state index in [0.29, 0.717) is 50.6 Å². The van der Waals surface area contributed by atoms with Gasteiger partial charge in [-0.25, -0.2) is 17.7 Å². The quantitative estimate of drug-likeness (QED) is 0.468. The maximum Gasteiger partial charge on any atom is 0.253 e. The summed E-state index contributed by atoms with van der Waals surface area (Å²) in [4.78, 5) is 19.7. The Balaban J connectivity index is 1.47. The molecule has 0 radical (unpaired) electrons. The van der Waals surface area contributed by atoms with Crippen molar-refractivity contribution in [3.05, 3.63) is 48.0 Å². The van der Waals surface area contributed by atoms with Crippen LogP contribution in [0.15, 0.2) is 47.4 Å². The van der Waals surface area contributed by atoms with Gasteiger partial charge in [-0.15, -0.1) is 0 Å². The van der Waals surface area contributed by atoms with Crippen molar-refractivity contribution in [2.75, 3.05) is 63.7 Å². The predicted molar refractivity (Wildman–Crippen MR) is 131 cm³/mol. The number of sulfonamides is 1. The molecule has 1 aliphatic heterocycles. The molecule has 2 N–H and O–H groups in total. The number of nitrogens with one attached hydrogen (secondary N) is 2. The second-order valence-corrected chi connectivity index (χ2v) is 10.9. The highest BCUT2D eigenvalue weighted by Crippen LogP contribution is 2.27. The number of nitrogens with zero attached hydrogens (tertiary/aromatic N) is 3.